The maximum absolute atomic E-state index is 11.7. The van der Waals surface area contributed by atoms with Gasteiger partial charge >= 0.3 is 11.8 Å². The third-order valence-corrected chi connectivity index (χ3v) is 2.98. The molecule has 0 amide bonds. The molecule has 21 heavy (non-hydrogen) atoms. The number of aryl methyl sites for hydroxylation is 2. The van der Waals surface area contributed by atoms with Gasteiger partial charge in [-0.05, 0) is 17.1 Å². The van der Waals surface area contributed by atoms with Crippen molar-refractivity contribution in [1.82, 2.24) is 9.55 Å². The van der Waals surface area contributed by atoms with Gasteiger partial charge in [-0.25, -0.2) is 14.3 Å². The molecular formula is C13H15N3O5. The molecule has 0 fully saturated rings. The van der Waals surface area contributed by atoms with E-state index in [1.54, 1.807) is 19.1 Å². The molecule has 0 aliphatic carbocycles. The molecule has 0 unspecified atom stereocenters. The van der Waals surface area contributed by atoms with Crippen LogP contribution >= 0.6 is 0 Å². The third kappa shape index (κ3) is 3.28. The molecule has 0 aliphatic rings. The molecule has 0 aromatic carbocycles. The predicted molar refractivity (Wildman–Crippen MR) is 72.0 cm³/mol. The van der Waals surface area contributed by atoms with Crippen molar-refractivity contribution in [2.24, 2.45) is 0 Å². The quantitative estimate of drug-likeness (QED) is 0.459. The predicted octanol–water partition coefficient (Wildman–Crippen LogP) is 2.11. The van der Waals surface area contributed by atoms with Crippen LogP contribution < -0.4 is 0 Å². The van der Waals surface area contributed by atoms with E-state index in [0.717, 1.165) is 0 Å². The zero-order valence-corrected chi connectivity index (χ0v) is 11.7. The van der Waals surface area contributed by atoms with Gasteiger partial charge < -0.3 is 19.3 Å². The van der Waals surface area contributed by atoms with Crippen LogP contribution in [-0.4, -0.2) is 27.1 Å². The van der Waals surface area contributed by atoms with Crippen LogP contribution in [0.2, 0.25) is 0 Å². The first-order chi connectivity index (χ1) is 10.0. The van der Waals surface area contributed by atoms with Gasteiger partial charge in [0.15, 0.2) is 5.82 Å². The van der Waals surface area contributed by atoms with Gasteiger partial charge in [-0.2, -0.15) is 0 Å². The molecule has 2 aromatic rings. The van der Waals surface area contributed by atoms with Crippen LogP contribution in [0.1, 0.15) is 29.1 Å². The average molecular weight is 293 g/mol. The number of ether oxygens (including phenoxy) is 1. The summed E-state index contributed by atoms with van der Waals surface area (Å²) in [7, 11) is 0. The number of carbonyl (C=O) groups excluding carboxylic acids is 1. The van der Waals surface area contributed by atoms with E-state index in [-0.39, 0.29) is 24.7 Å². The summed E-state index contributed by atoms with van der Waals surface area (Å²) in [6.07, 6.45) is 1.87. The number of imidazole rings is 1. The number of esters is 1. The second-order valence-corrected chi connectivity index (χ2v) is 4.33. The summed E-state index contributed by atoms with van der Waals surface area (Å²) in [6, 6.07) is 3.26. The average Bonchev–Trinajstić information content (AvgIpc) is 3.06. The van der Waals surface area contributed by atoms with Gasteiger partial charge in [0.1, 0.15) is 25.1 Å². The monoisotopic (exact) mass is 293 g/mol. The molecule has 0 saturated heterocycles. The van der Waals surface area contributed by atoms with Crippen molar-refractivity contribution in [1.29, 1.82) is 0 Å². The van der Waals surface area contributed by atoms with Gasteiger partial charge in [0.25, 0.3) is 0 Å². The van der Waals surface area contributed by atoms with Gasteiger partial charge in [-0.3, -0.25) is 0 Å². The number of hydrogen-bond acceptors (Lipinski definition) is 6. The van der Waals surface area contributed by atoms with Crippen LogP contribution in [-0.2, 0) is 17.7 Å². The van der Waals surface area contributed by atoms with E-state index >= 15 is 0 Å². The Morgan fingerprint density at radius 2 is 2.29 bits per heavy atom. The van der Waals surface area contributed by atoms with E-state index in [0.29, 0.717) is 18.0 Å². The molecule has 112 valence electrons. The van der Waals surface area contributed by atoms with E-state index in [1.807, 2.05) is 6.92 Å². The Labute approximate surface area is 120 Å². The number of nitro groups is 1. The molecule has 0 N–H and O–H groups in total. The molecular weight excluding hydrogens is 278 g/mol. The van der Waals surface area contributed by atoms with Crippen molar-refractivity contribution in [3.63, 3.8) is 0 Å². The largest absolute Gasteiger partial charge is 0.456 e. The normalized spacial score (nSPS) is 10.6. The van der Waals surface area contributed by atoms with Crippen molar-refractivity contribution in [3.8, 4) is 0 Å². The van der Waals surface area contributed by atoms with Crippen molar-refractivity contribution < 1.29 is 18.9 Å². The molecule has 0 atom stereocenters. The highest BCUT2D eigenvalue weighted by Crippen LogP contribution is 2.14. The fourth-order valence-electron chi connectivity index (χ4n) is 1.86. The van der Waals surface area contributed by atoms with Crippen molar-refractivity contribution in [2.45, 2.75) is 26.8 Å². The van der Waals surface area contributed by atoms with Gasteiger partial charge in [0.2, 0.25) is 5.76 Å². The third-order valence-electron chi connectivity index (χ3n) is 2.98. The van der Waals surface area contributed by atoms with Crippen molar-refractivity contribution in [3.05, 3.63) is 45.8 Å². The zero-order valence-electron chi connectivity index (χ0n) is 11.7. The summed E-state index contributed by atoms with van der Waals surface area (Å²) in [5, 5.41) is 10.8. The van der Waals surface area contributed by atoms with Crippen molar-refractivity contribution >= 4 is 11.8 Å². The van der Waals surface area contributed by atoms with E-state index in [4.69, 9.17) is 9.15 Å². The van der Waals surface area contributed by atoms with Gasteiger partial charge in [-0.1, -0.05) is 6.92 Å². The summed E-state index contributed by atoms with van der Waals surface area (Å²) < 4.78 is 11.7. The Morgan fingerprint density at radius 1 is 1.52 bits per heavy atom. The standard InChI is InChI=1S/C13H15N3O5/c1-3-10-4-5-11(21-10)13(17)20-7-6-15-9(2)14-8-12(15)16(18)19/h4-5,8H,3,6-7H2,1-2H3. The van der Waals surface area contributed by atoms with Crippen LogP contribution in [0, 0.1) is 17.0 Å². The smallest absolute Gasteiger partial charge is 0.374 e. The summed E-state index contributed by atoms with van der Waals surface area (Å²) in [5.41, 5.74) is 0. The molecule has 2 aromatic heterocycles. The molecule has 0 saturated carbocycles. The zero-order chi connectivity index (χ0) is 15.4. The van der Waals surface area contributed by atoms with E-state index < -0.39 is 10.9 Å². The number of aromatic nitrogens is 2. The van der Waals surface area contributed by atoms with Crippen LogP contribution in [0.25, 0.3) is 0 Å². The fourth-order valence-corrected chi connectivity index (χ4v) is 1.86. The first-order valence-corrected chi connectivity index (χ1v) is 6.45. The van der Waals surface area contributed by atoms with Crippen LogP contribution in [0.4, 0.5) is 5.82 Å². The molecule has 8 nitrogen and oxygen atoms in total. The van der Waals surface area contributed by atoms with E-state index in [1.165, 1.54) is 10.8 Å². The lowest BCUT2D eigenvalue weighted by Gasteiger charge is -2.04. The maximum atomic E-state index is 11.7. The SMILES string of the molecule is CCc1ccc(C(=O)OCCn2c([N+](=O)[O-])cnc2C)o1. The topological polar surface area (TPSA) is 100 Å². The van der Waals surface area contributed by atoms with Gasteiger partial charge in [-0.15, -0.1) is 0 Å². The molecule has 2 heterocycles. The van der Waals surface area contributed by atoms with Crippen LogP contribution in [0.5, 0.6) is 0 Å². The Balaban J connectivity index is 1.94. The lowest BCUT2D eigenvalue weighted by Crippen LogP contribution is -2.13. The van der Waals surface area contributed by atoms with Crippen LogP contribution in [0.3, 0.4) is 0 Å². The van der Waals surface area contributed by atoms with E-state index in [9.17, 15) is 14.9 Å². The summed E-state index contributed by atoms with van der Waals surface area (Å²) in [4.78, 5) is 25.9. The number of hydrogen-bond donors (Lipinski definition) is 0. The number of rotatable bonds is 6. The second-order valence-electron chi connectivity index (χ2n) is 4.33. The first kappa shape index (κ1) is 14.8. The summed E-state index contributed by atoms with van der Waals surface area (Å²) in [6.45, 7) is 3.72. The number of furan rings is 1. The Morgan fingerprint density at radius 3 is 2.90 bits per heavy atom. The molecule has 2 rings (SSSR count). The highest BCUT2D eigenvalue weighted by atomic mass is 16.6. The molecule has 0 spiro atoms. The molecule has 0 bridgehead atoms. The Bertz CT molecular complexity index is 659. The Kier molecular flexibility index (Phi) is 4.36. The highest BCUT2D eigenvalue weighted by Gasteiger charge is 2.18. The lowest BCUT2D eigenvalue weighted by atomic mass is 10.3. The minimum Gasteiger partial charge on any atom is -0.456 e. The van der Waals surface area contributed by atoms with Gasteiger partial charge in [0, 0.05) is 13.3 Å². The highest BCUT2D eigenvalue weighted by molar-refractivity contribution is 5.86. The van der Waals surface area contributed by atoms with E-state index in [2.05, 4.69) is 4.98 Å². The second kappa shape index (κ2) is 6.21. The number of carbonyl (C=O) groups is 1. The molecule has 8 heteroatoms. The maximum Gasteiger partial charge on any atom is 0.374 e. The van der Waals surface area contributed by atoms with Crippen LogP contribution in [0.15, 0.2) is 22.7 Å². The molecule has 0 radical (unpaired) electrons. The van der Waals surface area contributed by atoms with Crippen molar-refractivity contribution in [2.75, 3.05) is 6.61 Å². The Hall–Kier alpha value is -2.64. The lowest BCUT2D eigenvalue weighted by molar-refractivity contribution is -0.392. The summed E-state index contributed by atoms with van der Waals surface area (Å²) >= 11 is 0. The fraction of sp³-hybridized carbons (Fsp3) is 0.385. The molecule has 0 aliphatic heterocycles. The minimum atomic E-state index is -0.588. The number of nitrogens with zero attached hydrogens (tertiary/aromatic N) is 3. The summed E-state index contributed by atoms with van der Waals surface area (Å²) in [5.74, 6) is 0.598. The minimum absolute atomic E-state index is 0.000961. The first-order valence-electron chi connectivity index (χ1n) is 6.45. The van der Waals surface area contributed by atoms with Gasteiger partial charge in [0.05, 0.1) is 0 Å².